The van der Waals surface area contributed by atoms with E-state index < -0.39 is 0 Å². The number of aryl methyl sites for hydroxylation is 1. The van der Waals surface area contributed by atoms with E-state index in [1.165, 1.54) is 36.2 Å². The Bertz CT molecular complexity index is 325. The summed E-state index contributed by atoms with van der Waals surface area (Å²) in [6.07, 6.45) is 4.69. The summed E-state index contributed by atoms with van der Waals surface area (Å²) in [7, 11) is 2.01. The van der Waals surface area contributed by atoms with E-state index in [4.69, 9.17) is 0 Å². The van der Waals surface area contributed by atoms with E-state index in [1.54, 1.807) is 0 Å². The summed E-state index contributed by atoms with van der Waals surface area (Å²) in [5, 5.41) is 10.9. The molecule has 0 radical (unpaired) electrons. The van der Waals surface area contributed by atoms with Crippen molar-refractivity contribution in [3.63, 3.8) is 0 Å². The van der Waals surface area contributed by atoms with Gasteiger partial charge in [0, 0.05) is 17.7 Å². The second kappa shape index (κ2) is 3.39. The first-order valence-corrected chi connectivity index (χ1v) is 5.36. The molecule has 3 heteroatoms. The second-order valence-electron chi connectivity index (χ2n) is 4.79. The first-order chi connectivity index (χ1) is 6.62. The molecular formula is C11H19N3. The van der Waals surface area contributed by atoms with Gasteiger partial charge in [-0.2, -0.15) is 5.10 Å². The average Bonchev–Trinajstić information content (AvgIpc) is 2.70. The molecule has 0 unspecified atom stereocenters. The Morgan fingerprint density at radius 1 is 1.43 bits per heavy atom. The van der Waals surface area contributed by atoms with Crippen molar-refractivity contribution in [2.45, 2.75) is 45.1 Å². The molecule has 0 atom stereocenters. The highest BCUT2D eigenvalue weighted by Crippen LogP contribution is 2.25. The molecule has 0 fully saturated rings. The molecule has 14 heavy (non-hydrogen) atoms. The lowest BCUT2D eigenvalue weighted by molar-refractivity contribution is 0.416. The van der Waals surface area contributed by atoms with Crippen LogP contribution in [0, 0.1) is 0 Å². The summed E-state index contributed by atoms with van der Waals surface area (Å²) in [6.45, 7) is 4.42. The third kappa shape index (κ3) is 1.69. The number of hydrogen-bond acceptors (Lipinski definition) is 2. The van der Waals surface area contributed by atoms with Crippen molar-refractivity contribution in [2.75, 3.05) is 7.05 Å². The number of hydrogen-bond donors (Lipinski definition) is 2. The molecular weight excluding hydrogens is 174 g/mol. The molecule has 0 aliphatic heterocycles. The summed E-state index contributed by atoms with van der Waals surface area (Å²) in [6, 6.07) is 0. The van der Waals surface area contributed by atoms with E-state index >= 15 is 0 Å². The maximum absolute atomic E-state index is 4.41. The van der Waals surface area contributed by atoms with Gasteiger partial charge in [0.15, 0.2) is 0 Å². The highest BCUT2D eigenvalue weighted by atomic mass is 15.1. The second-order valence-corrected chi connectivity index (χ2v) is 4.79. The maximum Gasteiger partial charge on any atom is 0.0675 e. The summed E-state index contributed by atoms with van der Waals surface area (Å²) >= 11 is 0. The zero-order valence-corrected chi connectivity index (χ0v) is 9.28. The Hall–Kier alpha value is -0.830. The number of nitrogens with one attached hydrogen (secondary N) is 2. The van der Waals surface area contributed by atoms with Crippen LogP contribution < -0.4 is 5.32 Å². The number of aromatic amines is 1. The van der Waals surface area contributed by atoms with Crippen molar-refractivity contribution in [1.29, 1.82) is 0 Å². The molecule has 0 spiro atoms. The van der Waals surface area contributed by atoms with Gasteiger partial charge in [-0.05, 0) is 45.7 Å². The molecule has 1 aromatic rings. The van der Waals surface area contributed by atoms with Gasteiger partial charge in [0.25, 0.3) is 0 Å². The van der Waals surface area contributed by atoms with Crippen molar-refractivity contribution in [3.8, 4) is 0 Å². The minimum atomic E-state index is 0.144. The number of H-pyrrole nitrogens is 1. The Labute approximate surface area is 85.3 Å². The summed E-state index contributed by atoms with van der Waals surface area (Å²) < 4.78 is 0. The van der Waals surface area contributed by atoms with Crippen LogP contribution in [0.2, 0.25) is 0 Å². The third-order valence-corrected chi connectivity index (χ3v) is 3.18. The smallest absolute Gasteiger partial charge is 0.0675 e. The predicted molar refractivity (Wildman–Crippen MR) is 57.5 cm³/mol. The summed E-state index contributed by atoms with van der Waals surface area (Å²) in [5.74, 6) is 0. The molecule has 2 N–H and O–H groups in total. The molecule has 3 nitrogen and oxygen atoms in total. The van der Waals surface area contributed by atoms with Crippen LogP contribution in [0.4, 0.5) is 0 Å². The van der Waals surface area contributed by atoms with E-state index in [2.05, 4.69) is 29.4 Å². The minimum absolute atomic E-state index is 0.144. The lowest BCUT2D eigenvalue weighted by Gasteiger charge is -2.23. The van der Waals surface area contributed by atoms with Crippen LogP contribution in [0.1, 0.15) is 37.2 Å². The molecule has 78 valence electrons. The van der Waals surface area contributed by atoms with Gasteiger partial charge in [-0.25, -0.2) is 0 Å². The molecule has 0 bridgehead atoms. The van der Waals surface area contributed by atoms with Gasteiger partial charge in [-0.1, -0.05) is 0 Å². The van der Waals surface area contributed by atoms with Crippen LogP contribution in [-0.4, -0.2) is 22.8 Å². The van der Waals surface area contributed by atoms with Crippen molar-refractivity contribution in [2.24, 2.45) is 0 Å². The molecule has 1 heterocycles. The fourth-order valence-corrected chi connectivity index (χ4v) is 2.04. The SMILES string of the molecule is CNC(C)(C)Cc1n[nH]c2c1CCC2. The Balaban J connectivity index is 2.18. The van der Waals surface area contributed by atoms with E-state index in [9.17, 15) is 0 Å². The number of nitrogens with zero attached hydrogens (tertiary/aromatic N) is 1. The van der Waals surface area contributed by atoms with Crippen LogP contribution in [0.3, 0.4) is 0 Å². The monoisotopic (exact) mass is 193 g/mol. The van der Waals surface area contributed by atoms with Gasteiger partial charge < -0.3 is 5.32 Å². The molecule has 1 aromatic heterocycles. The lowest BCUT2D eigenvalue weighted by atomic mass is 9.96. The summed E-state index contributed by atoms with van der Waals surface area (Å²) in [4.78, 5) is 0. The van der Waals surface area contributed by atoms with E-state index in [-0.39, 0.29) is 5.54 Å². The molecule has 2 rings (SSSR count). The largest absolute Gasteiger partial charge is 0.314 e. The molecule has 0 aromatic carbocycles. The standard InChI is InChI=1S/C11H19N3/c1-11(2,12-3)7-10-8-5-4-6-9(8)13-14-10/h12H,4-7H2,1-3H3,(H,13,14). The first kappa shape index (κ1) is 9.71. The first-order valence-electron chi connectivity index (χ1n) is 5.36. The van der Waals surface area contributed by atoms with Crippen molar-refractivity contribution < 1.29 is 0 Å². The van der Waals surface area contributed by atoms with Gasteiger partial charge in [-0.15, -0.1) is 0 Å². The Kier molecular flexibility index (Phi) is 2.35. The molecule has 1 aliphatic carbocycles. The fraction of sp³-hybridized carbons (Fsp3) is 0.727. The zero-order valence-electron chi connectivity index (χ0n) is 9.28. The molecule has 1 aliphatic rings. The van der Waals surface area contributed by atoms with Crippen LogP contribution in [-0.2, 0) is 19.3 Å². The number of fused-ring (bicyclic) bond motifs is 1. The summed E-state index contributed by atoms with van der Waals surface area (Å²) in [5.41, 5.74) is 4.25. The normalized spacial score (nSPS) is 15.9. The van der Waals surface area contributed by atoms with Crippen LogP contribution >= 0.6 is 0 Å². The predicted octanol–water partition coefficient (Wildman–Crippen LogP) is 1.44. The van der Waals surface area contributed by atoms with E-state index in [0.717, 1.165) is 6.42 Å². The maximum atomic E-state index is 4.41. The van der Waals surface area contributed by atoms with Gasteiger partial charge in [0.05, 0.1) is 5.69 Å². The van der Waals surface area contributed by atoms with Gasteiger partial charge >= 0.3 is 0 Å². The number of rotatable bonds is 3. The van der Waals surface area contributed by atoms with Crippen LogP contribution in [0.25, 0.3) is 0 Å². The average molecular weight is 193 g/mol. The van der Waals surface area contributed by atoms with E-state index in [1.807, 2.05) is 7.05 Å². The van der Waals surface area contributed by atoms with E-state index in [0.29, 0.717) is 0 Å². The third-order valence-electron chi connectivity index (χ3n) is 3.18. The van der Waals surface area contributed by atoms with Gasteiger partial charge in [0.2, 0.25) is 0 Å². The van der Waals surface area contributed by atoms with Gasteiger partial charge in [-0.3, -0.25) is 5.10 Å². The highest BCUT2D eigenvalue weighted by molar-refractivity contribution is 5.30. The van der Waals surface area contributed by atoms with Crippen molar-refractivity contribution in [3.05, 3.63) is 17.0 Å². The van der Waals surface area contributed by atoms with Crippen LogP contribution in [0.5, 0.6) is 0 Å². The van der Waals surface area contributed by atoms with Gasteiger partial charge in [0.1, 0.15) is 0 Å². The molecule has 0 amide bonds. The fourth-order valence-electron chi connectivity index (χ4n) is 2.04. The Morgan fingerprint density at radius 3 is 2.93 bits per heavy atom. The number of aromatic nitrogens is 2. The lowest BCUT2D eigenvalue weighted by Crippen LogP contribution is -2.38. The molecule has 0 saturated heterocycles. The Morgan fingerprint density at radius 2 is 2.21 bits per heavy atom. The minimum Gasteiger partial charge on any atom is -0.314 e. The van der Waals surface area contributed by atoms with Crippen LogP contribution in [0.15, 0.2) is 0 Å². The quantitative estimate of drug-likeness (QED) is 0.762. The van der Waals surface area contributed by atoms with Crippen molar-refractivity contribution >= 4 is 0 Å². The highest BCUT2D eigenvalue weighted by Gasteiger charge is 2.23. The number of likely N-dealkylation sites (N-methyl/N-ethyl adjacent to an activating group) is 1. The topological polar surface area (TPSA) is 40.7 Å². The van der Waals surface area contributed by atoms with Crippen molar-refractivity contribution in [1.82, 2.24) is 15.5 Å². The molecule has 0 saturated carbocycles. The zero-order chi connectivity index (χ0) is 10.2.